The van der Waals surface area contributed by atoms with Crippen LogP contribution in [0.1, 0.15) is 12.5 Å². The monoisotopic (exact) mass is 368 g/mol. The third-order valence-corrected chi connectivity index (χ3v) is 4.22. The number of hydrogen-bond acceptors (Lipinski definition) is 3. The van der Waals surface area contributed by atoms with E-state index in [0.717, 1.165) is 10.6 Å². The molecule has 0 radical (unpaired) electrons. The highest BCUT2D eigenvalue weighted by Gasteiger charge is 2.14. The Hall–Kier alpha value is -1.53. The Morgan fingerprint density at radius 2 is 2.14 bits per heavy atom. The number of rotatable bonds is 5. The molecule has 0 fully saturated rings. The van der Waals surface area contributed by atoms with Gasteiger partial charge in [-0.05, 0) is 52.0 Å². The van der Waals surface area contributed by atoms with E-state index in [1.54, 1.807) is 23.9 Å². The molecule has 0 unspecified atom stereocenters. The first-order chi connectivity index (χ1) is 10.0. The molecule has 0 bridgehead atoms. The molecule has 0 amide bonds. The standard InChI is InChI=1S/C15H14BrFN2OS/c1-2-21-13-5-3-4-12(14(13)15(18)19)20-9-6-7-11(17)10(16)8-9/h3-8H,2H2,1H3,(H3,18,19). The van der Waals surface area contributed by atoms with Crippen molar-refractivity contribution in [3.8, 4) is 11.5 Å². The summed E-state index contributed by atoms with van der Waals surface area (Å²) in [6.45, 7) is 2.03. The van der Waals surface area contributed by atoms with E-state index >= 15 is 0 Å². The van der Waals surface area contributed by atoms with Crippen LogP contribution in [0.15, 0.2) is 45.8 Å². The van der Waals surface area contributed by atoms with Gasteiger partial charge in [0.15, 0.2) is 0 Å². The Morgan fingerprint density at radius 1 is 1.38 bits per heavy atom. The smallest absolute Gasteiger partial charge is 0.139 e. The molecule has 0 aliphatic heterocycles. The summed E-state index contributed by atoms with van der Waals surface area (Å²) < 4.78 is 19.3. The van der Waals surface area contributed by atoms with Crippen molar-refractivity contribution in [3.05, 3.63) is 52.3 Å². The van der Waals surface area contributed by atoms with Crippen molar-refractivity contribution in [2.45, 2.75) is 11.8 Å². The van der Waals surface area contributed by atoms with Gasteiger partial charge in [-0.3, -0.25) is 5.41 Å². The van der Waals surface area contributed by atoms with Crippen molar-refractivity contribution in [2.24, 2.45) is 5.73 Å². The molecule has 2 aromatic rings. The second-order valence-corrected chi connectivity index (χ2v) is 6.31. The molecule has 3 N–H and O–H groups in total. The lowest BCUT2D eigenvalue weighted by Gasteiger charge is -2.14. The number of halogens is 2. The highest BCUT2D eigenvalue weighted by molar-refractivity contribution is 9.10. The fourth-order valence-corrected chi connectivity index (χ4v) is 3.00. The largest absolute Gasteiger partial charge is 0.457 e. The van der Waals surface area contributed by atoms with Crippen molar-refractivity contribution in [1.29, 1.82) is 5.41 Å². The maximum absolute atomic E-state index is 13.2. The fraction of sp³-hybridized carbons (Fsp3) is 0.133. The van der Waals surface area contributed by atoms with Gasteiger partial charge in [0.1, 0.15) is 23.2 Å². The van der Waals surface area contributed by atoms with Gasteiger partial charge >= 0.3 is 0 Å². The lowest BCUT2D eigenvalue weighted by molar-refractivity contribution is 0.477. The van der Waals surface area contributed by atoms with Crippen LogP contribution in [-0.2, 0) is 0 Å². The van der Waals surface area contributed by atoms with E-state index in [1.807, 2.05) is 19.1 Å². The Labute approximate surface area is 135 Å². The highest BCUT2D eigenvalue weighted by Crippen LogP contribution is 2.33. The summed E-state index contributed by atoms with van der Waals surface area (Å²) >= 11 is 4.71. The summed E-state index contributed by atoms with van der Waals surface area (Å²) in [7, 11) is 0. The van der Waals surface area contributed by atoms with Crippen molar-refractivity contribution in [1.82, 2.24) is 0 Å². The molecule has 0 aromatic heterocycles. The van der Waals surface area contributed by atoms with E-state index in [-0.39, 0.29) is 11.7 Å². The highest BCUT2D eigenvalue weighted by atomic mass is 79.9. The van der Waals surface area contributed by atoms with Crippen LogP contribution in [0.2, 0.25) is 0 Å². The zero-order valence-electron chi connectivity index (χ0n) is 11.3. The van der Waals surface area contributed by atoms with E-state index in [0.29, 0.717) is 21.5 Å². The number of nitrogens with one attached hydrogen (secondary N) is 1. The van der Waals surface area contributed by atoms with Crippen molar-refractivity contribution >= 4 is 33.5 Å². The van der Waals surface area contributed by atoms with Gasteiger partial charge in [0.05, 0.1) is 10.0 Å². The van der Waals surface area contributed by atoms with Gasteiger partial charge in [-0.2, -0.15) is 0 Å². The minimum Gasteiger partial charge on any atom is -0.457 e. The van der Waals surface area contributed by atoms with Crippen LogP contribution in [0, 0.1) is 11.2 Å². The normalized spacial score (nSPS) is 10.4. The van der Waals surface area contributed by atoms with E-state index in [9.17, 15) is 4.39 Å². The number of nitrogen functional groups attached to an aromatic ring is 1. The molecular weight excluding hydrogens is 355 g/mol. The summed E-state index contributed by atoms with van der Waals surface area (Å²) in [5, 5.41) is 7.75. The van der Waals surface area contributed by atoms with E-state index in [4.69, 9.17) is 15.9 Å². The number of hydrogen-bond donors (Lipinski definition) is 2. The van der Waals surface area contributed by atoms with Crippen molar-refractivity contribution in [3.63, 3.8) is 0 Å². The van der Waals surface area contributed by atoms with Crippen LogP contribution < -0.4 is 10.5 Å². The van der Waals surface area contributed by atoms with Gasteiger partial charge in [-0.25, -0.2) is 4.39 Å². The summed E-state index contributed by atoms with van der Waals surface area (Å²) in [5.74, 6) is 1.42. The maximum Gasteiger partial charge on any atom is 0.139 e. The molecule has 0 aliphatic rings. The molecule has 2 aromatic carbocycles. The van der Waals surface area contributed by atoms with Gasteiger partial charge in [0.2, 0.25) is 0 Å². The fourth-order valence-electron chi connectivity index (χ4n) is 1.80. The summed E-state index contributed by atoms with van der Waals surface area (Å²) in [4.78, 5) is 0.892. The van der Waals surface area contributed by atoms with Crippen LogP contribution in [0.25, 0.3) is 0 Å². The predicted octanol–water partition coefficient (Wildman–Crippen LogP) is 4.78. The topological polar surface area (TPSA) is 59.1 Å². The second kappa shape index (κ2) is 6.95. The zero-order chi connectivity index (χ0) is 15.4. The first kappa shape index (κ1) is 15.9. The number of benzene rings is 2. The average molecular weight is 369 g/mol. The van der Waals surface area contributed by atoms with E-state index < -0.39 is 0 Å². The van der Waals surface area contributed by atoms with Crippen LogP contribution in [0.3, 0.4) is 0 Å². The van der Waals surface area contributed by atoms with Crippen molar-refractivity contribution in [2.75, 3.05) is 5.75 Å². The van der Waals surface area contributed by atoms with Crippen LogP contribution >= 0.6 is 27.7 Å². The van der Waals surface area contributed by atoms with Gasteiger partial charge in [-0.15, -0.1) is 11.8 Å². The zero-order valence-corrected chi connectivity index (χ0v) is 13.7. The number of ether oxygens (including phenoxy) is 1. The molecule has 0 spiro atoms. The minimum atomic E-state index is -0.357. The van der Waals surface area contributed by atoms with Crippen LogP contribution in [0.5, 0.6) is 11.5 Å². The Kier molecular flexibility index (Phi) is 5.25. The average Bonchev–Trinajstić information content (AvgIpc) is 2.43. The molecular formula is C15H14BrFN2OS. The Balaban J connectivity index is 2.41. The molecule has 0 heterocycles. The molecule has 21 heavy (non-hydrogen) atoms. The molecule has 6 heteroatoms. The first-order valence-corrected chi connectivity index (χ1v) is 8.04. The SMILES string of the molecule is CCSc1cccc(Oc2ccc(F)c(Br)c2)c1C(=N)N. The predicted molar refractivity (Wildman–Crippen MR) is 88.0 cm³/mol. The first-order valence-electron chi connectivity index (χ1n) is 6.26. The molecule has 0 aliphatic carbocycles. The quantitative estimate of drug-likeness (QED) is 0.453. The summed E-state index contributed by atoms with van der Waals surface area (Å²) in [6, 6.07) is 9.88. The third kappa shape index (κ3) is 3.77. The summed E-state index contributed by atoms with van der Waals surface area (Å²) in [5.41, 5.74) is 6.23. The maximum atomic E-state index is 13.2. The van der Waals surface area contributed by atoms with E-state index in [2.05, 4.69) is 15.9 Å². The van der Waals surface area contributed by atoms with Gasteiger partial charge < -0.3 is 10.5 Å². The molecule has 0 saturated heterocycles. The van der Waals surface area contributed by atoms with Gasteiger partial charge in [-0.1, -0.05) is 13.0 Å². The van der Waals surface area contributed by atoms with Crippen molar-refractivity contribution < 1.29 is 9.13 Å². The second-order valence-electron chi connectivity index (χ2n) is 4.15. The Bertz CT molecular complexity index is 679. The van der Waals surface area contributed by atoms with Crippen LogP contribution in [-0.4, -0.2) is 11.6 Å². The number of thioether (sulfide) groups is 1. The minimum absolute atomic E-state index is 0.0530. The molecule has 2 rings (SSSR count). The van der Waals surface area contributed by atoms with Gasteiger partial charge in [0.25, 0.3) is 0 Å². The van der Waals surface area contributed by atoms with Crippen LogP contribution in [0.4, 0.5) is 4.39 Å². The van der Waals surface area contributed by atoms with Gasteiger partial charge in [0, 0.05) is 4.90 Å². The lowest BCUT2D eigenvalue weighted by atomic mass is 10.2. The molecule has 0 atom stereocenters. The number of amidine groups is 1. The third-order valence-electron chi connectivity index (χ3n) is 2.68. The number of nitrogens with two attached hydrogens (primary N) is 1. The Morgan fingerprint density at radius 3 is 2.76 bits per heavy atom. The molecule has 110 valence electrons. The molecule has 3 nitrogen and oxygen atoms in total. The van der Waals surface area contributed by atoms with E-state index in [1.165, 1.54) is 12.1 Å². The summed E-state index contributed by atoms with van der Waals surface area (Å²) in [6.07, 6.45) is 0. The lowest BCUT2D eigenvalue weighted by Crippen LogP contribution is -2.13. The molecule has 0 saturated carbocycles.